The molecule has 4 N–H and O–H groups in total. The molecule has 8 nitrogen and oxygen atoms in total. The molecule has 1 aliphatic heterocycles. The van der Waals surface area contributed by atoms with Crippen LogP contribution in [-0.4, -0.2) is 48.5 Å². The molecule has 1 fully saturated rings. The molecule has 0 aliphatic carbocycles. The zero-order valence-electron chi connectivity index (χ0n) is 9.77. The van der Waals surface area contributed by atoms with Crippen LogP contribution >= 0.6 is 15.9 Å². The summed E-state index contributed by atoms with van der Waals surface area (Å²) in [5, 5.41) is 19.1. The molecular formula is C10H12BrN5O3. The van der Waals surface area contributed by atoms with Gasteiger partial charge < -0.3 is 20.7 Å². The molecule has 19 heavy (non-hydrogen) atoms. The zero-order valence-corrected chi connectivity index (χ0v) is 11.4. The summed E-state index contributed by atoms with van der Waals surface area (Å²) < 4.78 is 7.63. The van der Waals surface area contributed by atoms with Crippen molar-refractivity contribution in [3.63, 3.8) is 0 Å². The minimum atomic E-state index is -0.748. The number of ether oxygens (including phenoxy) is 1. The number of nitrogens with two attached hydrogens (primary N) is 1. The maximum absolute atomic E-state index is 10.0. The van der Waals surface area contributed by atoms with Crippen molar-refractivity contribution in [3.05, 3.63) is 11.1 Å². The van der Waals surface area contributed by atoms with Crippen LogP contribution in [0.4, 0.5) is 5.82 Å². The van der Waals surface area contributed by atoms with Gasteiger partial charge in [0.15, 0.2) is 27.9 Å². The molecule has 0 spiro atoms. The number of aliphatic hydroxyl groups is 2. The lowest BCUT2D eigenvalue weighted by Gasteiger charge is -2.17. The van der Waals surface area contributed by atoms with Crippen LogP contribution in [-0.2, 0) is 4.74 Å². The SMILES string of the molecule is Nc1ncnc2c1nc(Br)n2[C@@H]1O[C@H](CO)CC1O. The van der Waals surface area contributed by atoms with Gasteiger partial charge in [-0.05, 0) is 15.9 Å². The molecular weight excluding hydrogens is 318 g/mol. The lowest BCUT2D eigenvalue weighted by atomic mass is 10.2. The average Bonchev–Trinajstić information content (AvgIpc) is 2.90. The Hall–Kier alpha value is -1.29. The molecule has 1 saturated heterocycles. The van der Waals surface area contributed by atoms with E-state index in [1.54, 1.807) is 4.57 Å². The number of aromatic nitrogens is 4. The fourth-order valence-corrected chi connectivity index (χ4v) is 2.75. The normalized spacial score (nSPS) is 27.2. The van der Waals surface area contributed by atoms with Crippen molar-refractivity contribution in [1.29, 1.82) is 0 Å². The van der Waals surface area contributed by atoms with Gasteiger partial charge in [-0.25, -0.2) is 15.0 Å². The number of nitrogen functional groups attached to an aromatic ring is 1. The van der Waals surface area contributed by atoms with Crippen LogP contribution in [0, 0.1) is 0 Å². The monoisotopic (exact) mass is 329 g/mol. The van der Waals surface area contributed by atoms with E-state index in [9.17, 15) is 5.11 Å². The van der Waals surface area contributed by atoms with Gasteiger partial charge in [-0.3, -0.25) is 4.57 Å². The molecule has 9 heteroatoms. The summed E-state index contributed by atoms with van der Waals surface area (Å²) in [5.41, 5.74) is 6.65. The lowest BCUT2D eigenvalue weighted by molar-refractivity contribution is -0.0498. The minimum absolute atomic E-state index is 0.144. The molecule has 3 rings (SSSR count). The molecule has 0 bridgehead atoms. The van der Waals surface area contributed by atoms with E-state index in [2.05, 4.69) is 30.9 Å². The van der Waals surface area contributed by atoms with Crippen molar-refractivity contribution >= 4 is 32.9 Å². The highest BCUT2D eigenvalue weighted by Gasteiger charge is 2.37. The first-order chi connectivity index (χ1) is 9.11. The molecule has 2 aromatic heterocycles. The maximum Gasteiger partial charge on any atom is 0.181 e. The standard InChI is InChI=1S/C10H12BrN5O3/c11-10-15-6-7(12)13-3-14-8(6)16(10)9-5(18)1-4(2-17)19-9/h3-5,9,17-18H,1-2H2,(H2,12,13,14)/t4-,5?,9+/m0/s1. The van der Waals surface area contributed by atoms with E-state index in [-0.39, 0.29) is 12.4 Å². The van der Waals surface area contributed by atoms with Crippen molar-refractivity contribution in [2.75, 3.05) is 12.3 Å². The topological polar surface area (TPSA) is 119 Å². The highest BCUT2D eigenvalue weighted by atomic mass is 79.9. The Kier molecular flexibility index (Phi) is 3.13. The Morgan fingerprint density at radius 1 is 1.53 bits per heavy atom. The second kappa shape index (κ2) is 4.67. The number of aliphatic hydroxyl groups excluding tert-OH is 2. The number of rotatable bonds is 2. The smallest absolute Gasteiger partial charge is 0.181 e. The fourth-order valence-electron chi connectivity index (χ4n) is 2.20. The molecule has 0 amide bonds. The number of fused-ring (bicyclic) bond motifs is 1. The fraction of sp³-hybridized carbons (Fsp3) is 0.500. The van der Waals surface area contributed by atoms with Gasteiger partial charge in [-0.1, -0.05) is 0 Å². The molecule has 0 aromatic carbocycles. The summed E-state index contributed by atoms with van der Waals surface area (Å²) in [6.45, 7) is -0.144. The Morgan fingerprint density at radius 3 is 3.00 bits per heavy atom. The van der Waals surface area contributed by atoms with Gasteiger partial charge in [0, 0.05) is 6.42 Å². The van der Waals surface area contributed by atoms with E-state index in [1.807, 2.05) is 0 Å². The van der Waals surface area contributed by atoms with Crippen molar-refractivity contribution in [3.8, 4) is 0 Å². The second-order valence-corrected chi connectivity index (χ2v) is 5.03. The first-order valence-corrected chi connectivity index (χ1v) is 6.49. The van der Waals surface area contributed by atoms with E-state index in [0.29, 0.717) is 22.3 Å². The van der Waals surface area contributed by atoms with Gasteiger partial charge in [-0.15, -0.1) is 0 Å². The number of hydrogen-bond donors (Lipinski definition) is 3. The first-order valence-electron chi connectivity index (χ1n) is 5.70. The predicted molar refractivity (Wildman–Crippen MR) is 69.1 cm³/mol. The molecule has 0 saturated carbocycles. The van der Waals surface area contributed by atoms with Crippen molar-refractivity contribution in [2.24, 2.45) is 0 Å². The number of imidazole rings is 1. The van der Waals surface area contributed by atoms with Gasteiger partial charge >= 0.3 is 0 Å². The van der Waals surface area contributed by atoms with Crippen LogP contribution in [0.5, 0.6) is 0 Å². The molecule has 1 unspecified atom stereocenters. The Bertz CT molecular complexity index is 618. The zero-order chi connectivity index (χ0) is 13.6. The summed E-state index contributed by atoms with van der Waals surface area (Å²) in [4.78, 5) is 12.2. The Balaban J connectivity index is 2.10. The summed E-state index contributed by atoms with van der Waals surface area (Å²) in [6, 6.07) is 0. The predicted octanol–water partition coefficient (Wildman–Crippen LogP) is -0.188. The van der Waals surface area contributed by atoms with Crippen LogP contribution in [0.25, 0.3) is 11.2 Å². The van der Waals surface area contributed by atoms with Gasteiger partial charge in [0.25, 0.3) is 0 Å². The van der Waals surface area contributed by atoms with E-state index >= 15 is 0 Å². The van der Waals surface area contributed by atoms with Gasteiger partial charge in [0.1, 0.15) is 12.4 Å². The number of nitrogens with zero attached hydrogens (tertiary/aromatic N) is 4. The summed E-state index contributed by atoms with van der Waals surface area (Å²) in [5.74, 6) is 0.260. The Labute approximate surface area is 116 Å². The third-order valence-corrected chi connectivity index (χ3v) is 3.65. The largest absolute Gasteiger partial charge is 0.394 e. The third-order valence-electron chi connectivity index (χ3n) is 3.09. The van der Waals surface area contributed by atoms with Gasteiger partial charge in [0.05, 0.1) is 12.7 Å². The molecule has 1 aliphatic rings. The van der Waals surface area contributed by atoms with Crippen LogP contribution in [0.15, 0.2) is 11.1 Å². The van der Waals surface area contributed by atoms with Gasteiger partial charge in [-0.2, -0.15) is 0 Å². The summed E-state index contributed by atoms with van der Waals surface area (Å²) in [6.07, 6.45) is -0.127. The van der Waals surface area contributed by atoms with E-state index in [1.165, 1.54) is 6.33 Å². The second-order valence-electron chi connectivity index (χ2n) is 4.32. The van der Waals surface area contributed by atoms with E-state index in [0.717, 1.165) is 0 Å². The van der Waals surface area contributed by atoms with Crippen molar-refractivity contribution in [2.45, 2.75) is 24.9 Å². The highest BCUT2D eigenvalue weighted by Crippen LogP contribution is 2.34. The quantitative estimate of drug-likeness (QED) is 0.653. The van der Waals surface area contributed by atoms with E-state index < -0.39 is 18.4 Å². The van der Waals surface area contributed by atoms with Crippen LogP contribution in [0.2, 0.25) is 0 Å². The van der Waals surface area contributed by atoms with Gasteiger partial charge in [0.2, 0.25) is 0 Å². The molecule has 3 atom stereocenters. The molecule has 2 aromatic rings. The minimum Gasteiger partial charge on any atom is -0.394 e. The van der Waals surface area contributed by atoms with E-state index in [4.69, 9.17) is 15.6 Å². The Morgan fingerprint density at radius 2 is 2.32 bits per heavy atom. The van der Waals surface area contributed by atoms with Crippen molar-refractivity contribution < 1.29 is 14.9 Å². The molecule has 3 heterocycles. The van der Waals surface area contributed by atoms with Crippen LogP contribution in [0.3, 0.4) is 0 Å². The number of hydrogen-bond acceptors (Lipinski definition) is 7. The first kappa shape index (κ1) is 12.7. The number of halogens is 1. The molecule has 0 radical (unpaired) electrons. The molecule has 102 valence electrons. The lowest BCUT2D eigenvalue weighted by Crippen LogP contribution is -2.20. The summed E-state index contributed by atoms with van der Waals surface area (Å²) in [7, 11) is 0. The van der Waals surface area contributed by atoms with Crippen molar-refractivity contribution in [1.82, 2.24) is 19.5 Å². The van der Waals surface area contributed by atoms with Crippen LogP contribution in [0.1, 0.15) is 12.6 Å². The summed E-state index contributed by atoms with van der Waals surface area (Å²) >= 11 is 3.30. The third kappa shape index (κ3) is 1.98. The number of anilines is 1. The highest BCUT2D eigenvalue weighted by molar-refractivity contribution is 9.10. The van der Waals surface area contributed by atoms with Crippen LogP contribution < -0.4 is 5.73 Å². The maximum atomic E-state index is 10.0. The average molecular weight is 330 g/mol.